The number of rotatable bonds is 6. The molecule has 1 unspecified atom stereocenters. The number of hydrogen-bond donors (Lipinski definition) is 2. The average molecular weight is 430 g/mol. The zero-order valence-corrected chi connectivity index (χ0v) is 18.4. The molecule has 0 spiro atoms. The molecule has 1 aromatic rings. The van der Waals surface area contributed by atoms with Crippen molar-refractivity contribution in [2.24, 2.45) is 5.92 Å². The summed E-state index contributed by atoms with van der Waals surface area (Å²) in [6.45, 7) is 3.40. The van der Waals surface area contributed by atoms with Crippen LogP contribution < -0.4 is 10.6 Å². The van der Waals surface area contributed by atoms with Crippen LogP contribution in [-0.2, 0) is 27.7 Å². The first kappa shape index (κ1) is 23.1. The summed E-state index contributed by atoms with van der Waals surface area (Å²) < 4.78 is 27.6. The fraction of sp³-hybridized carbons (Fsp3) is 0.650. The van der Waals surface area contributed by atoms with Gasteiger partial charge in [-0.3, -0.25) is 4.79 Å². The predicted octanol–water partition coefficient (Wildman–Crippen LogP) is 2.11. The molecule has 8 heteroatoms. The second kappa shape index (κ2) is 10.1. The lowest BCUT2D eigenvalue weighted by atomic mass is 9.92. The largest absolute Gasteiger partial charge is 0.354 e. The fourth-order valence-electron chi connectivity index (χ4n) is 3.88. The Balaban J connectivity index is 0.00000280. The third kappa shape index (κ3) is 5.26. The smallest absolute Gasteiger partial charge is 0.243 e. The normalized spacial score (nSPS) is 19.4. The SMILES string of the molecule is CNC(C)CNC(=O)C1CCN(S(=O)(=O)c2ccc3c(c2)CCCC3)CC1.Cl. The summed E-state index contributed by atoms with van der Waals surface area (Å²) in [5.74, 6) is -0.0769. The van der Waals surface area contributed by atoms with Crippen LogP contribution in [-0.4, -0.2) is 51.4 Å². The number of carbonyl (C=O) groups excluding carboxylic acids is 1. The number of likely N-dealkylation sites (N-methyl/N-ethyl adjacent to an activating group) is 1. The number of piperidine rings is 1. The molecule has 6 nitrogen and oxygen atoms in total. The molecule has 0 saturated carbocycles. The number of fused-ring (bicyclic) bond motifs is 1. The van der Waals surface area contributed by atoms with Gasteiger partial charge in [0.2, 0.25) is 15.9 Å². The lowest BCUT2D eigenvalue weighted by Crippen LogP contribution is -2.45. The molecule has 0 radical (unpaired) electrons. The Kier molecular flexibility index (Phi) is 8.30. The fourth-order valence-corrected chi connectivity index (χ4v) is 5.40. The Labute approximate surface area is 174 Å². The van der Waals surface area contributed by atoms with Gasteiger partial charge in [0, 0.05) is 31.6 Å². The molecule has 1 aliphatic heterocycles. The van der Waals surface area contributed by atoms with E-state index in [0.717, 1.165) is 19.3 Å². The van der Waals surface area contributed by atoms with Gasteiger partial charge in [-0.2, -0.15) is 4.31 Å². The number of hydrogen-bond acceptors (Lipinski definition) is 4. The van der Waals surface area contributed by atoms with Crippen molar-refractivity contribution in [2.75, 3.05) is 26.7 Å². The van der Waals surface area contributed by atoms with Crippen LogP contribution >= 0.6 is 12.4 Å². The number of nitrogens with zero attached hydrogens (tertiary/aromatic N) is 1. The van der Waals surface area contributed by atoms with E-state index in [1.165, 1.54) is 21.9 Å². The van der Waals surface area contributed by atoms with Crippen LogP contribution in [0.1, 0.15) is 43.7 Å². The third-order valence-electron chi connectivity index (χ3n) is 5.86. The minimum atomic E-state index is -3.48. The molecule has 1 heterocycles. The van der Waals surface area contributed by atoms with Crippen LogP contribution in [0.5, 0.6) is 0 Å². The molecule has 3 rings (SSSR count). The van der Waals surface area contributed by atoms with Crippen LogP contribution in [0.25, 0.3) is 0 Å². The van der Waals surface area contributed by atoms with E-state index >= 15 is 0 Å². The van der Waals surface area contributed by atoms with Crippen LogP contribution in [0.15, 0.2) is 23.1 Å². The van der Waals surface area contributed by atoms with E-state index in [-0.39, 0.29) is 30.3 Å². The van der Waals surface area contributed by atoms with Crippen molar-refractivity contribution in [2.45, 2.75) is 56.4 Å². The number of sulfonamides is 1. The summed E-state index contributed by atoms with van der Waals surface area (Å²) in [5.41, 5.74) is 2.46. The maximum Gasteiger partial charge on any atom is 0.243 e. The molecular formula is C20H32ClN3O3S. The van der Waals surface area contributed by atoms with Crippen molar-refractivity contribution < 1.29 is 13.2 Å². The quantitative estimate of drug-likeness (QED) is 0.725. The van der Waals surface area contributed by atoms with E-state index in [1.807, 2.05) is 26.1 Å². The van der Waals surface area contributed by atoms with Gasteiger partial charge in [-0.15, -0.1) is 12.4 Å². The van der Waals surface area contributed by atoms with E-state index in [2.05, 4.69) is 10.6 Å². The highest BCUT2D eigenvalue weighted by Gasteiger charge is 2.32. The minimum Gasteiger partial charge on any atom is -0.354 e. The molecule has 158 valence electrons. The van der Waals surface area contributed by atoms with E-state index in [4.69, 9.17) is 0 Å². The van der Waals surface area contributed by atoms with Gasteiger partial charge >= 0.3 is 0 Å². The summed E-state index contributed by atoms with van der Waals surface area (Å²) in [7, 11) is -1.62. The Bertz CT molecular complexity index is 777. The first-order valence-corrected chi connectivity index (χ1v) is 11.4. The zero-order chi connectivity index (χ0) is 19.4. The van der Waals surface area contributed by atoms with Crippen molar-refractivity contribution in [3.63, 3.8) is 0 Å². The van der Waals surface area contributed by atoms with E-state index in [9.17, 15) is 13.2 Å². The van der Waals surface area contributed by atoms with Gasteiger partial charge < -0.3 is 10.6 Å². The second-order valence-electron chi connectivity index (χ2n) is 7.75. The predicted molar refractivity (Wildman–Crippen MR) is 113 cm³/mol. The summed E-state index contributed by atoms with van der Waals surface area (Å²) in [6, 6.07) is 5.81. The molecule has 28 heavy (non-hydrogen) atoms. The van der Waals surface area contributed by atoms with Crippen LogP contribution in [0, 0.1) is 5.92 Å². The number of carbonyl (C=O) groups is 1. The highest BCUT2D eigenvalue weighted by molar-refractivity contribution is 7.89. The highest BCUT2D eigenvalue weighted by Crippen LogP contribution is 2.28. The van der Waals surface area contributed by atoms with Gasteiger partial charge in [-0.1, -0.05) is 6.07 Å². The molecule has 2 N–H and O–H groups in total. The van der Waals surface area contributed by atoms with Crippen molar-refractivity contribution in [3.05, 3.63) is 29.3 Å². The maximum atomic E-state index is 13.0. The Morgan fingerprint density at radius 2 is 1.82 bits per heavy atom. The Hall–Kier alpha value is -1.15. The van der Waals surface area contributed by atoms with Gasteiger partial charge in [0.05, 0.1) is 4.90 Å². The molecule has 2 aliphatic rings. The molecule has 1 aromatic carbocycles. The van der Waals surface area contributed by atoms with Crippen LogP contribution in [0.2, 0.25) is 0 Å². The summed E-state index contributed by atoms with van der Waals surface area (Å²) in [5, 5.41) is 6.04. The van der Waals surface area contributed by atoms with Gasteiger partial charge in [0.15, 0.2) is 0 Å². The Morgan fingerprint density at radius 3 is 2.46 bits per heavy atom. The van der Waals surface area contributed by atoms with Gasteiger partial charge in [0.1, 0.15) is 0 Å². The van der Waals surface area contributed by atoms with Crippen LogP contribution in [0.4, 0.5) is 0 Å². The lowest BCUT2D eigenvalue weighted by molar-refractivity contribution is -0.126. The van der Waals surface area contributed by atoms with Crippen molar-refractivity contribution in [1.29, 1.82) is 0 Å². The zero-order valence-electron chi connectivity index (χ0n) is 16.7. The van der Waals surface area contributed by atoms with E-state index < -0.39 is 10.0 Å². The number of nitrogens with one attached hydrogen (secondary N) is 2. The monoisotopic (exact) mass is 429 g/mol. The summed E-state index contributed by atoms with van der Waals surface area (Å²) in [4.78, 5) is 12.7. The molecule has 0 aromatic heterocycles. The summed E-state index contributed by atoms with van der Waals surface area (Å²) in [6.07, 6.45) is 5.47. The average Bonchev–Trinajstić information content (AvgIpc) is 2.71. The van der Waals surface area contributed by atoms with E-state index in [0.29, 0.717) is 37.4 Å². The van der Waals surface area contributed by atoms with Crippen LogP contribution in [0.3, 0.4) is 0 Å². The van der Waals surface area contributed by atoms with Crippen molar-refractivity contribution in [3.8, 4) is 0 Å². The summed E-state index contributed by atoms with van der Waals surface area (Å²) >= 11 is 0. The standard InChI is InChI=1S/C20H31N3O3S.ClH/c1-15(21-2)14-22-20(24)17-9-11-23(12-10-17)27(25,26)19-8-7-16-5-3-4-6-18(16)13-19;/h7-8,13,15,17,21H,3-6,9-12,14H2,1-2H3,(H,22,24);1H. The number of amides is 1. The molecule has 1 amide bonds. The molecule has 0 bridgehead atoms. The van der Waals surface area contributed by atoms with Gasteiger partial charge in [0.25, 0.3) is 0 Å². The molecule has 1 saturated heterocycles. The molecular weight excluding hydrogens is 398 g/mol. The number of benzene rings is 1. The topological polar surface area (TPSA) is 78.5 Å². The first-order valence-electron chi connectivity index (χ1n) is 9.98. The molecule has 1 atom stereocenters. The number of halogens is 1. The first-order chi connectivity index (χ1) is 12.9. The lowest BCUT2D eigenvalue weighted by Gasteiger charge is -2.31. The van der Waals surface area contributed by atoms with E-state index in [1.54, 1.807) is 6.07 Å². The maximum absolute atomic E-state index is 13.0. The highest BCUT2D eigenvalue weighted by atomic mass is 35.5. The Morgan fingerprint density at radius 1 is 1.18 bits per heavy atom. The minimum absolute atomic E-state index is 0. The van der Waals surface area contributed by atoms with Gasteiger partial charge in [-0.25, -0.2) is 8.42 Å². The van der Waals surface area contributed by atoms with Crippen molar-refractivity contribution in [1.82, 2.24) is 14.9 Å². The molecule has 1 fully saturated rings. The number of aryl methyl sites for hydroxylation is 2. The van der Waals surface area contributed by atoms with Crippen molar-refractivity contribution >= 4 is 28.3 Å². The second-order valence-corrected chi connectivity index (χ2v) is 9.69. The third-order valence-corrected chi connectivity index (χ3v) is 7.75. The van der Waals surface area contributed by atoms with Gasteiger partial charge in [-0.05, 0) is 75.8 Å². The molecule has 1 aliphatic carbocycles.